The highest BCUT2D eigenvalue weighted by atomic mass is 35.5. The molecule has 0 aromatic carbocycles. The Balaban J connectivity index is 2.29. The molecule has 0 fully saturated rings. The Morgan fingerprint density at radius 2 is 2.04 bits per heavy atom. The molecule has 1 amide bonds. The third-order valence-electron chi connectivity index (χ3n) is 2.81. The van der Waals surface area contributed by atoms with Gasteiger partial charge < -0.3 is 4.74 Å². The number of sulfone groups is 1. The molecule has 2 atom stereocenters. The van der Waals surface area contributed by atoms with Gasteiger partial charge in [-0.2, -0.15) is 0 Å². The molecule has 1 heterocycles. The summed E-state index contributed by atoms with van der Waals surface area (Å²) < 4.78 is 27.9. The number of nitrogens with zero attached hydrogens (tertiary/aromatic N) is 1. The van der Waals surface area contributed by atoms with Crippen molar-refractivity contribution in [1.29, 1.82) is 0 Å². The van der Waals surface area contributed by atoms with E-state index in [2.05, 4.69) is 10.3 Å². The lowest BCUT2D eigenvalue weighted by molar-refractivity contribution is -0.137. The zero-order chi connectivity index (χ0) is 18.1. The first-order valence-corrected chi connectivity index (χ1v) is 10.0. The number of alkyl halides is 2. The van der Waals surface area contributed by atoms with E-state index in [1.54, 1.807) is 0 Å². The van der Waals surface area contributed by atoms with E-state index in [1.807, 2.05) is 0 Å². The molecular weight excluding hydrogens is 399 g/mol. The maximum absolute atomic E-state index is 12.4. The molecule has 2 rings (SSSR count). The fourth-order valence-electron chi connectivity index (χ4n) is 1.77. The van der Waals surface area contributed by atoms with E-state index in [0.717, 1.165) is 23.8 Å². The zero-order valence-electron chi connectivity index (χ0n) is 12.4. The highest BCUT2D eigenvalue weighted by Crippen LogP contribution is 2.30. The topological polar surface area (TPSA) is 102 Å². The minimum Gasteiger partial charge on any atom is -0.429 e. The summed E-state index contributed by atoms with van der Waals surface area (Å²) in [5.41, 5.74) is 0.0122. The lowest BCUT2D eigenvalue weighted by Gasteiger charge is -2.22. The molecular formula is C13H12Cl2N2O5S2. The van der Waals surface area contributed by atoms with Crippen LogP contribution in [0.4, 0.5) is 5.13 Å². The van der Waals surface area contributed by atoms with E-state index in [-0.39, 0.29) is 20.7 Å². The number of hydrogen-bond donors (Lipinski definition) is 1. The van der Waals surface area contributed by atoms with Crippen molar-refractivity contribution in [3.63, 3.8) is 0 Å². The average molecular weight is 411 g/mol. The maximum Gasteiger partial charge on any atom is 0.307 e. The van der Waals surface area contributed by atoms with Gasteiger partial charge in [-0.15, -0.1) is 23.2 Å². The normalized spacial score (nSPS) is 20.8. The molecule has 0 saturated carbocycles. The summed E-state index contributed by atoms with van der Waals surface area (Å²) in [4.78, 5) is 27.4. The second-order valence-corrected chi connectivity index (χ2v) is 9.03. The van der Waals surface area contributed by atoms with Gasteiger partial charge >= 0.3 is 5.97 Å². The van der Waals surface area contributed by atoms with Gasteiger partial charge in [0.15, 0.2) is 15.0 Å². The number of anilines is 1. The largest absolute Gasteiger partial charge is 0.429 e. The molecule has 1 N–H and O–H groups in total. The van der Waals surface area contributed by atoms with Crippen molar-refractivity contribution >= 4 is 61.4 Å². The van der Waals surface area contributed by atoms with Crippen molar-refractivity contribution < 1.29 is 22.7 Å². The predicted molar refractivity (Wildman–Crippen MR) is 91.1 cm³/mol. The minimum absolute atomic E-state index is 0.0122. The van der Waals surface area contributed by atoms with Gasteiger partial charge in [-0.25, -0.2) is 13.4 Å². The Hall–Kier alpha value is -1.42. The van der Waals surface area contributed by atoms with Crippen LogP contribution in [-0.4, -0.2) is 42.3 Å². The molecule has 0 spiro atoms. The third kappa shape index (κ3) is 4.35. The van der Waals surface area contributed by atoms with Crippen LogP contribution in [0.2, 0.25) is 0 Å². The lowest BCUT2D eigenvalue weighted by Crippen LogP contribution is -2.28. The molecule has 1 aliphatic rings. The van der Waals surface area contributed by atoms with Crippen molar-refractivity contribution in [2.24, 2.45) is 0 Å². The van der Waals surface area contributed by atoms with Crippen LogP contribution in [-0.2, 0) is 24.2 Å². The van der Waals surface area contributed by atoms with E-state index in [4.69, 9.17) is 27.9 Å². The Kier molecular flexibility index (Phi) is 5.69. The van der Waals surface area contributed by atoms with Crippen molar-refractivity contribution in [1.82, 2.24) is 4.98 Å². The average Bonchev–Trinajstić information content (AvgIpc) is 2.92. The fourth-order valence-corrected chi connectivity index (χ4v) is 3.83. The van der Waals surface area contributed by atoms with Gasteiger partial charge in [-0.1, -0.05) is 17.4 Å². The minimum atomic E-state index is -3.41. The van der Waals surface area contributed by atoms with E-state index in [0.29, 0.717) is 0 Å². The van der Waals surface area contributed by atoms with Gasteiger partial charge in [0.25, 0.3) is 5.91 Å². The number of ether oxygens (including phenoxy) is 1. The number of carbonyl (C=O) groups excluding carboxylic acids is 2. The molecule has 0 aliphatic heterocycles. The Morgan fingerprint density at radius 3 is 2.58 bits per heavy atom. The van der Waals surface area contributed by atoms with Crippen LogP contribution >= 0.6 is 34.5 Å². The Bertz CT molecular complexity index is 844. The van der Waals surface area contributed by atoms with Gasteiger partial charge in [0.2, 0.25) is 0 Å². The quantitative estimate of drug-likeness (QED) is 0.601. The van der Waals surface area contributed by atoms with Crippen LogP contribution in [0.1, 0.15) is 6.92 Å². The first kappa shape index (κ1) is 18.9. The smallest absolute Gasteiger partial charge is 0.307 e. The molecule has 0 bridgehead atoms. The first-order chi connectivity index (χ1) is 11.1. The summed E-state index contributed by atoms with van der Waals surface area (Å²) in [6.45, 7) is 1.17. The van der Waals surface area contributed by atoms with E-state index in [1.165, 1.54) is 19.1 Å². The lowest BCUT2D eigenvalue weighted by atomic mass is 10.0. The van der Waals surface area contributed by atoms with Gasteiger partial charge in [-0.3, -0.25) is 14.9 Å². The Labute approximate surface area is 152 Å². The van der Waals surface area contributed by atoms with Gasteiger partial charge in [0, 0.05) is 13.2 Å². The van der Waals surface area contributed by atoms with Crippen LogP contribution < -0.4 is 5.32 Å². The fraction of sp³-hybridized carbons (Fsp3) is 0.308. The summed E-state index contributed by atoms with van der Waals surface area (Å²) in [6, 6.07) is 0. The number of aromatic nitrogens is 1. The van der Waals surface area contributed by atoms with Crippen LogP contribution in [0.3, 0.4) is 0 Å². The van der Waals surface area contributed by atoms with Gasteiger partial charge in [0.1, 0.15) is 15.3 Å². The zero-order valence-corrected chi connectivity index (χ0v) is 15.6. The first-order valence-electron chi connectivity index (χ1n) is 6.45. The van der Waals surface area contributed by atoms with Crippen LogP contribution in [0, 0.1) is 0 Å². The molecule has 1 aliphatic carbocycles. The second kappa shape index (κ2) is 7.22. The van der Waals surface area contributed by atoms with Crippen LogP contribution in [0.25, 0.3) is 0 Å². The molecule has 7 nitrogen and oxygen atoms in total. The van der Waals surface area contributed by atoms with E-state index in [9.17, 15) is 18.0 Å². The number of hydrogen-bond acceptors (Lipinski definition) is 7. The number of rotatable bonds is 4. The highest BCUT2D eigenvalue weighted by Gasteiger charge is 2.31. The van der Waals surface area contributed by atoms with Crippen molar-refractivity contribution in [2.75, 3.05) is 11.6 Å². The number of esters is 1. The van der Waals surface area contributed by atoms with Crippen LogP contribution in [0.5, 0.6) is 0 Å². The summed E-state index contributed by atoms with van der Waals surface area (Å²) in [5, 5.41) is 0.987. The molecule has 1 aromatic rings. The van der Waals surface area contributed by atoms with E-state index >= 15 is 0 Å². The molecule has 24 heavy (non-hydrogen) atoms. The highest BCUT2D eigenvalue weighted by molar-refractivity contribution is 7.92. The molecule has 0 radical (unpaired) electrons. The summed E-state index contributed by atoms with van der Waals surface area (Å²) in [5.74, 6) is -1.36. The second-order valence-electron chi connectivity index (χ2n) is 4.79. The molecule has 130 valence electrons. The number of carbonyl (C=O) groups is 2. The van der Waals surface area contributed by atoms with Crippen molar-refractivity contribution in [3.8, 4) is 0 Å². The standard InChI is InChI=1S/C13H12Cl2N2O5S2/c1-6(18)22-11-7(3-4-8(14)10(11)15)12(19)17-13-16-5-9(23-13)24(2,20)21/h3-5,8,10H,1-2H3,(H,16,17,19). The predicted octanol–water partition coefficient (Wildman–Crippen LogP) is 2.09. The number of amides is 1. The number of thiazole rings is 1. The maximum atomic E-state index is 12.4. The Morgan fingerprint density at radius 1 is 1.38 bits per heavy atom. The third-order valence-corrected chi connectivity index (χ3v) is 6.51. The van der Waals surface area contributed by atoms with Crippen LogP contribution in [0.15, 0.2) is 33.9 Å². The van der Waals surface area contributed by atoms with E-state index < -0.39 is 32.5 Å². The van der Waals surface area contributed by atoms with Gasteiger partial charge in [-0.05, 0) is 6.08 Å². The SMILES string of the molecule is CC(=O)OC1=C(C(=O)Nc2ncc(S(C)(=O)=O)s2)C=CC(Cl)C1Cl. The summed E-state index contributed by atoms with van der Waals surface area (Å²) >= 11 is 12.9. The van der Waals surface area contributed by atoms with Crippen molar-refractivity contribution in [3.05, 3.63) is 29.7 Å². The van der Waals surface area contributed by atoms with Crippen molar-refractivity contribution in [2.45, 2.75) is 21.9 Å². The molecule has 1 aromatic heterocycles. The monoisotopic (exact) mass is 410 g/mol. The number of halogens is 2. The summed E-state index contributed by atoms with van der Waals surface area (Å²) in [6.07, 6.45) is 5.06. The summed E-state index contributed by atoms with van der Waals surface area (Å²) in [7, 11) is -3.41. The number of nitrogens with one attached hydrogen (secondary N) is 1. The molecule has 2 unspecified atom stereocenters. The van der Waals surface area contributed by atoms with Gasteiger partial charge in [0.05, 0.1) is 17.1 Å². The molecule has 11 heteroatoms. The number of allylic oxidation sites excluding steroid dienone is 2. The molecule has 0 saturated heterocycles.